The summed E-state index contributed by atoms with van der Waals surface area (Å²) < 4.78 is 19.0. The lowest BCUT2D eigenvalue weighted by Gasteiger charge is -2.48. The molecule has 0 saturated carbocycles. The highest BCUT2D eigenvalue weighted by Gasteiger charge is 2.40. The smallest absolute Gasteiger partial charge is 0.258 e. The Labute approximate surface area is 237 Å². The highest BCUT2D eigenvalue weighted by Crippen LogP contribution is 2.33. The summed E-state index contributed by atoms with van der Waals surface area (Å²) in [5.74, 6) is -1.07. The summed E-state index contributed by atoms with van der Waals surface area (Å²) in [4.78, 5) is 31.7. The third kappa shape index (κ3) is 6.02. The Bertz CT molecular complexity index is 1200. The van der Waals surface area contributed by atoms with Crippen molar-refractivity contribution in [3.8, 4) is 0 Å². The number of halogens is 3. The molecule has 2 aromatic carbocycles. The van der Waals surface area contributed by atoms with Crippen LogP contribution in [0.1, 0.15) is 35.7 Å². The van der Waals surface area contributed by atoms with Crippen LogP contribution in [0.4, 0.5) is 10.1 Å². The van der Waals surface area contributed by atoms with Crippen LogP contribution < -0.4 is 5.32 Å². The minimum absolute atomic E-state index is 0.183. The monoisotopic (exact) mass is 578 g/mol. The molecule has 3 saturated heterocycles. The maximum atomic E-state index is 13.6. The molecule has 0 radical (unpaired) electrons. The van der Waals surface area contributed by atoms with Crippen molar-refractivity contribution in [3.63, 3.8) is 0 Å². The van der Waals surface area contributed by atoms with E-state index < -0.39 is 17.3 Å². The van der Waals surface area contributed by atoms with Gasteiger partial charge in [-0.2, -0.15) is 0 Å². The normalized spacial score (nSPS) is 20.8. The van der Waals surface area contributed by atoms with E-state index in [0.29, 0.717) is 61.0 Å². The van der Waals surface area contributed by atoms with Crippen molar-refractivity contribution in [1.82, 2.24) is 14.7 Å². The van der Waals surface area contributed by atoms with Crippen LogP contribution in [0.25, 0.3) is 0 Å². The molecule has 11 heteroatoms. The SMILES string of the molecule is C[C@@](O)(C(=O)N1CCC(N2CC(Nc3cc(Cl)c(C(=O)N4CCOCC4)c(Cl)c3)C2)CC1)c1cccc(F)c1. The van der Waals surface area contributed by atoms with Crippen LogP contribution >= 0.6 is 23.2 Å². The molecule has 210 valence electrons. The van der Waals surface area contributed by atoms with Gasteiger partial charge < -0.3 is 25.0 Å². The highest BCUT2D eigenvalue weighted by molar-refractivity contribution is 6.40. The van der Waals surface area contributed by atoms with E-state index >= 15 is 0 Å². The summed E-state index contributed by atoms with van der Waals surface area (Å²) in [7, 11) is 0. The van der Waals surface area contributed by atoms with Gasteiger partial charge in [0, 0.05) is 51.0 Å². The number of aliphatic hydroxyl groups is 1. The molecule has 3 fully saturated rings. The number of amides is 2. The Hall–Kier alpha value is -2.43. The Morgan fingerprint density at radius 1 is 1.03 bits per heavy atom. The number of carbonyl (C=O) groups is 2. The second kappa shape index (κ2) is 11.6. The molecule has 39 heavy (non-hydrogen) atoms. The average Bonchev–Trinajstić information content (AvgIpc) is 2.90. The summed E-state index contributed by atoms with van der Waals surface area (Å²) in [5, 5.41) is 15.0. The van der Waals surface area contributed by atoms with Crippen LogP contribution in [0.3, 0.4) is 0 Å². The van der Waals surface area contributed by atoms with Crippen molar-refractivity contribution < 1.29 is 23.8 Å². The van der Waals surface area contributed by atoms with Crippen molar-refractivity contribution in [2.75, 3.05) is 57.8 Å². The zero-order valence-electron chi connectivity index (χ0n) is 21.8. The number of nitrogens with one attached hydrogen (secondary N) is 1. The maximum absolute atomic E-state index is 13.6. The molecule has 8 nitrogen and oxygen atoms in total. The quantitative estimate of drug-likeness (QED) is 0.545. The van der Waals surface area contributed by atoms with Gasteiger partial charge in [0.05, 0.1) is 34.9 Å². The van der Waals surface area contributed by atoms with Gasteiger partial charge in [0.15, 0.2) is 5.60 Å². The summed E-state index contributed by atoms with van der Waals surface area (Å²) in [6.07, 6.45) is 1.60. The first-order valence-electron chi connectivity index (χ1n) is 13.3. The Balaban J connectivity index is 1.11. The minimum atomic E-state index is -1.77. The van der Waals surface area contributed by atoms with Gasteiger partial charge >= 0.3 is 0 Å². The van der Waals surface area contributed by atoms with E-state index in [4.69, 9.17) is 27.9 Å². The zero-order valence-corrected chi connectivity index (χ0v) is 23.3. The molecular weight excluding hydrogens is 546 g/mol. The number of ether oxygens (including phenoxy) is 1. The molecule has 5 rings (SSSR count). The van der Waals surface area contributed by atoms with E-state index in [1.165, 1.54) is 25.1 Å². The molecule has 0 bridgehead atoms. The minimum Gasteiger partial charge on any atom is -0.380 e. The van der Waals surface area contributed by atoms with Crippen LogP contribution in [0.2, 0.25) is 10.0 Å². The molecule has 0 aromatic heterocycles. The predicted octanol–water partition coefficient (Wildman–Crippen LogP) is 3.60. The Morgan fingerprint density at radius 2 is 1.67 bits per heavy atom. The number of piperidine rings is 1. The number of hydrogen-bond acceptors (Lipinski definition) is 6. The van der Waals surface area contributed by atoms with Gasteiger partial charge in [0.1, 0.15) is 5.82 Å². The summed E-state index contributed by atoms with van der Waals surface area (Å²) >= 11 is 13.0. The second-order valence-electron chi connectivity index (χ2n) is 10.6. The van der Waals surface area contributed by atoms with Gasteiger partial charge in [-0.05, 0) is 49.6 Å². The number of likely N-dealkylation sites (tertiary alicyclic amines) is 2. The number of hydrogen-bond donors (Lipinski definition) is 2. The van der Waals surface area contributed by atoms with Crippen LogP contribution in [0.15, 0.2) is 36.4 Å². The molecule has 0 aliphatic carbocycles. The molecule has 2 N–H and O–H groups in total. The Kier molecular flexibility index (Phi) is 8.35. The highest BCUT2D eigenvalue weighted by atomic mass is 35.5. The first kappa shape index (κ1) is 28.1. The van der Waals surface area contributed by atoms with Crippen LogP contribution in [-0.4, -0.2) is 96.2 Å². The second-order valence-corrected chi connectivity index (χ2v) is 11.4. The van der Waals surface area contributed by atoms with Crippen molar-refractivity contribution >= 4 is 40.7 Å². The summed E-state index contributed by atoms with van der Waals surface area (Å²) in [5.41, 5.74) is -0.428. The van der Waals surface area contributed by atoms with Gasteiger partial charge in [-0.3, -0.25) is 14.5 Å². The van der Waals surface area contributed by atoms with E-state index in [-0.39, 0.29) is 17.5 Å². The lowest BCUT2D eigenvalue weighted by atomic mass is 9.92. The van der Waals surface area contributed by atoms with Crippen molar-refractivity contribution in [2.45, 2.75) is 37.5 Å². The van der Waals surface area contributed by atoms with Crippen molar-refractivity contribution in [1.29, 1.82) is 0 Å². The Morgan fingerprint density at radius 3 is 2.28 bits per heavy atom. The van der Waals surface area contributed by atoms with E-state index in [9.17, 15) is 19.1 Å². The number of anilines is 1. The fraction of sp³-hybridized carbons (Fsp3) is 0.500. The van der Waals surface area contributed by atoms with Crippen LogP contribution in [0, 0.1) is 5.82 Å². The number of rotatable bonds is 6. The fourth-order valence-electron chi connectivity index (χ4n) is 5.58. The molecule has 3 heterocycles. The molecule has 2 amide bonds. The standard InChI is InChI=1S/C28H33Cl2FN4O4/c1-28(38,18-3-2-4-19(31)13-18)27(37)34-7-5-22(6-8-34)35-16-21(17-35)32-20-14-23(29)25(24(30)15-20)26(36)33-9-11-39-12-10-33/h2-4,13-15,21-22,32,38H,5-12,16-17H2,1H3/t28-/m0/s1. The van der Waals surface area contributed by atoms with E-state index in [1.54, 1.807) is 28.0 Å². The molecule has 3 aliphatic heterocycles. The predicted molar refractivity (Wildman–Crippen MR) is 148 cm³/mol. The van der Waals surface area contributed by atoms with Crippen LogP contribution in [-0.2, 0) is 15.1 Å². The number of morpholine rings is 1. The number of carbonyl (C=O) groups excluding carboxylic acids is 2. The fourth-order valence-corrected chi connectivity index (χ4v) is 6.23. The first-order valence-corrected chi connectivity index (χ1v) is 14.0. The third-order valence-electron chi connectivity index (χ3n) is 7.91. The molecular formula is C28H33Cl2FN4O4. The van der Waals surface area contributed by atoms with Crippen LogP contribution in [0.5, 0.6) is 0 Å². The van der Waals surface area contributed by atoms with Gasteiger partial charge in [0.25, 0.3) is 11.8 Å². The van der Waals surface area contributed by atoms with Gasteiger partial charge in [0.2, 0.25) is 0 Å². The molecule has 0 unspecified atom stereocenters. The molecule has 3 aliphatic rings. The van der Waals surface area contributed by atoms with Gasteiger partial charge in [-0.25, -0.2) is 4.39 Å². The topological polar surface area (TPSA) is 85.3 Å². The van der Waals surface area contributed by atoms with Gasteiger partial charge in [-0.15, -0.1) is 0 Å². The third-order valence-corrected chi connectivity index (χ3v) is 8.50. The molecule has 0 spiro atoms. The first-order chi connectivity index (χ1) is 18.6. The summed E-state index contributed by atoms with van der Waals surface area (Å²) in [6.45, 7) is 6.21. The molecule has 1 atom stereocenters. The summed E-state index contributed by atoms with van der Waals surface area (Å²) in [6, 6.07) is 9.60. The molecule has 2 aromatic rings. The van der Waals surface area contributed by atoms with Crippen molar-refractivity contribution in [2.24, 2.45) is 0 Å². The largest absolute Gasteiger partial charge is 0.380 e. The van der Waals surface area contributed by atoms with E-state index in [0.717, 1.165) is 31.6 Å². The maximum Gasteiger partial charge on any atom is 0.258 e. The lowest BCUT2D eigenvalue weighted by Crippen LogP contribution is -2.61. The van der Waals surface area contributed by atoms with E-state index in [1.807, 2.05) is 0 Å². The number of nitrogens with zero attached hydrogens (tertiary/aromatic N) is 3. The average molecular weight is 580 g/mol. The lowest BCUT2D eigenvalue weighted by molar-refractivity contribution is -0.152. The van der Waals surface area contributed by atoms with E-state index in [2.05, 4.69) is 10.2 Å². The zero-order chi connectivity index (χ0) is 27.7. The van der Waals surface area contributed by atoms with Crippen molar-refractivity contribution in [3.05, 3.63) is 63.4 Å². The van der Waals surface area contributed by atoms with Gasteiger partial charge in [-0.1, -0.05) is 35.3 Å². The number of benzene rings is 2.